The van der Waals surface area contributed by atoms with Crippen LogP contribution in [-0.4, -0.2) is 0 Å². The highest BCUT2D eigenvalue weighted by atomic mass is 79.9. The molecule has 0 saturated carbocycles. The summed E-state index contributed by atoms with van der Waals surface area (Å²) in [6, 6.07) is 8.36. The van der Waals surface area contributed by atoms with E-state index in [1.54, 1.807) is 24.3 Å². The SMILES string of the molecule is Fc1cc(Br)ccc1CNc1c(Cl)cc(Br)cc1Cl. The standard InChI is InChI=1S/C13H8Br2Cl2FN/c14-8-2-1-7(12(18)5-8)6-19-13-10(16)3-9(15)4-11(13)17/h1-5,19H,6H2. The van der Waals surface area contributed by atoms with E-state index in [4.69, 9.17) is 23.2 Å². The van der Waals surface area contributed by atoms with E-state index in [0.717, 1.165) is 4.47 Å². The quantitative estimate of drug-likeness (QED) is 0.608. The summed E-state index contributed by atoms with van der Waals surface area (Å²) >= 11 is 18.7. The lowest BCUT2D eigenvalue weighted by molar-refractivity contribution is 0.612. The Bertz CT molecular complexity index is 597. The second kappa shape index (κ2) is 6.44. The normalized spacial score (nSPS) is 10.6. The fraction of sp³-hybridized carbons (Fsp3) is 0.0769. The lowest BCUT2D eigenvalue weighted by Gasteiger charge is -2.11. The average Bonchev–Trinajstić information content (AvgIpc) is 2.30. The van der Waals surface area contributed by atoms with Crippen LogP contribution in [-0.2, 0) is 6.54 Å². The second-order valence-corrected chi connectivity index (χ2v) is 6.48. The van der Waals surface area contributed by atoms with Gasteiger partial charge in [0.25, 0.3) is 0 Å². The highest BCUT2D eigenvalue weighted by Gasteiger charge is 2.09. The van der Waals surface area contributed by atoms with E-state index in [1.807, 2.05) is 0 Å². The van der Waals surface area contributed by atoms with Gasteiger partial charge in [0.1, 0.15) is 5.82 Å². The lowest BCUT2D eigenvalue weighted by atomic mass is 10.2. The zero-order valence-corrected chi connectivity index (χ0v) is 14.2. The molecule has 0 spiro atoms. The Morgan fingerprint density at radius 3 is 2.21 bits per heavy atom. The third-order valence-electron chi connectivity index (χ3n) is 2.48. The van der Waals surface area contributed by atoms with Gasteiger partial charge in [-0.3, -0.25) is 0 Å². The van der Waals surface area contributed by atoms with Gasteiger partial charge in [0.15, 0.2) is 0 Å². The molecule has 0 bridgehead atoms. The molecule has 0 saturated heterocycles. The Morgan fingerprint density at radius 2 is 1.63 bits per heavy atom. The molecule has 0 radical (unpaired) electrons. The van der Waals surface area contributed by atoms with Gasteiger partial charge < -0.3 is 5.32 Å². The minimum Gasteiger partial charge on any atom is -0.378 e. The Morgan fingerprint density at radius 1 is 1.00 bits per heavy atom. The van der Waals surface area contributed by atoms with Gasteiger partial charge in [-0.05, 0) is 24.3 Å². The van der Waals surface area contributed by atoms with Gasteiger partial charge in [0.2, 0.25) is 0 Å². The van der Waals surface area contributed by atoms with Crippen LogP contribution in [0.4, 0.5) is 10.1 Å². The average molecular weight is 428 g/mol. The van der Waals surface area contributed by atoms with E-state index in [-0.39, 0.29) is 5.82 Å². The molecule has 0 aliphatic heterocycles. The van der Waals surface area contributed by atoms with Crippen molar-refractivity contribution in [2.45, 2.75) is 6.54 Å². The molecule has 0 aliphatic rings. The van der Waals surface area contributed by atoms with Gasteiger partial charge in [-0.25, -0.2) is 4.39 Å². The van der Waals surface area contributed by atoms with E-state index >= 15 is 0 Å². The fourth-order valence-corrected chi connectivity index (χ4v) is 3.24. The third-order valence-corrected chi connectivity index (χ3v) is 4.02. The van der Waals surface area contributed by atoms with Crippen LogP contribution in [0.1, 0.15) is 5.56 Å². The Hall–Kier alpha value is -0.290. The van der Waals surface area contributed by atoms with Crippen LogP contribution in [0.15, 0.2) is 39.3 Å². The fourth-order valence-electron chi connectivity index (χ4n) is 1.56. The molecule has 100 valence electrons. The van der Waals surface area contributed by atoms with E-state index in [2.05, 4.69) is 37.2 Å². The van der Waals surface area contributed by atoms with E-state index in [0.29, 0.717) is 32.3 Å². The molecule has 0 amide bonds. The first kappa shape index (κ1) is 15.1. The van der Waals surface area contributed by atoms with Gasteiger partial charge in [0.05, 0.1) is 15.7 Å². The van der Waals surface area contributed by atoms with E-state index < -0.39 is 0 Å². The van der Waals surface area contributed by atoms with Crippen molar-refractivity contribution >= 4 is 60.7 Å². The minimum atomic E-state index is -0.286. The molecule has 0 aliphatic carbocycles. The van der Waals surface area contributed by atoms with E-state index in [9.17, 15) is 4.39 Å². The molecule has 19 heavy (non-hydrogen) atoms. The summed E-state index contributed by atoms with van der Waals surface area (Å²) in [7, 11) is 0. The van der Waals surface area contributed by atoms with Crippen molar-refractivity contribution in [2.24, 2.45) is 0 Å². The van der Waals surface area contributed by atoms with E-state index in [1.165, 1.54) is 6.07 Å². The van der Waals surface area contributed by atoms with Crippen molar-refractivity contribution in [2.75, 3.05) is 5.32 Å². The zero-order chi connectivity index (χ0) is 14.0. The Kier molecular flexibility index (Phi) is 5.12. The smallest absolute Gasteiger partial charge is 0.129 e. The van der Waals surface area contributed by atoms with Crippen molar-refractivity contribution in [1.29, 1.82) is 0 Å². The van der Waals surface area contributed by atoms with Crippen LogP contribution < -0.4 is 5.32 Å². The summed E-state index contributed by atoms with van der Waals surface area (Å²) in [6.07, 6.45) is 0. The van der Waals surface area contributed by atoms with Gasteiger partial charge in [0, 0.05) is 21.1 Å². The minimum absolute atomic E-state index is 0.286. The maximum atomic E-state index is 13.7. The number of benzene rings is 2. The number of rotatable bonds is 3. The van der Waals surface area contributed by atoms with Crippen LogP contribution in [0.5, 0.6) is 0 Å². The predicted molar refractivity (Wildman–Crippen MR) is 85.6 cm³/mol. The molecule has 1 N–H and O–H groups in total. The van der Waals surface area contributed by atoms with Gasteiger partial charge >= 0.3 is 0 Å². The molecular weight excluding hydrogens is 420 g/mol. The summed E-state index contributed by atoms with van der Waals surface area (Å²) in [5, 5.41) is 4.01. The van der Waals surface area contributed by atoms with Crippen LogP contribution >= 0.6 is 55.1 Å². The number of nitrogens with one attached hydrogen (secondary N) is 1. The molecule has 1 nitrogen and oxygen atoms in total. The lowest BCUT2D eigenvalue weighted by Crippen LogP contribution is -2.03. The molecule has 2 aromatic rings. The molecular formula is C13H8Br2Cl2FN. The number of hydrogen-bond donors (Lipinski definition) is 1. The van der Waals surface area contributed by atoms with Crippen molar-refractivity contribution in [3.05, 3.63) is 60.7 Å². The predicted octanol–water partition coefficient (Wildman–Crippen LogP) is 6.27. The first-order valence-corrected chi connectivity index (χ1v) is 7.64. The summed E-state index contributed by atoms with van der Waals surface area (Å²) in [6.45, 7) is 0.306. The monoisotopic (exact) mass is 425 g/mol. The molecule has 0 atom stereocenters. The first-order chi connectivity index (χ1) is 8.97. The molecule has 0 heterocycles. The topological polar surface area (TPSA) is 12.0 Å². The number of anilines is 1. The van der Waals surface area contributed by atoms with Gasteiger partial charge in [-0.1, -0.05) is 61.1 Å². The van der Waals surface area contributed by atoms with Crippen LogP contribution in [0, 0.1) is 5.82 Å². The summed E-state index contributed by atoms with van der Waals surface area (Å²) in [4.78, 5) is 0. The van der Waals surface area contributed by atoms with Crippen molar-refractivity contribution < 1.29 is 4.39 Å². The largest absolute Gasteiger partial charge is 0.378 e. The maximum Gasteiger partial charge on any atom is 0.129 e. The molecule has 6 heteroatoms. The molecule has 0 fully saturated rings. The zero-order valence-electron chi connectivity index (χ0n) is 9.48. The third kappa shape index (κ3) is 3.85. The van der Waals surface area contributed by atoms with Gasteiger partial charge in [-0.2, -0.15) is 0 Å². The molecule has 0 aromatic heterocycles. The van der Waals surface area contributed by atoms with Crippen molar-refractivity contribution in [3.8, 4) is 0 Å². The molecule has 0 unspecified atom stereocenters. The van der Waals surface area contributed by atoms with Crippen LogP contribution in [0.2, 0.25) is 10.0 Å². The summed E-state index contributed by atoms with van der Waals surface area (Å²) in [5.74, 6) is -0.286. The molecule has 2 aromatic carbocycles. The highest BCUT2D eigenvalue weighted by Crippen LogP contribution is 2.34. The highest BCUT2D eigenvalue weighted by molar-refractivity contribution is 9.10. The molecule has 2 rings (SSSR count). The number of halogens is 5. The van der Waals surface area contributed by atoms with Gasteiger partial charge in [-0.15, -0.1) is 0 Å². The van der Waals surface area contributed by atoms with Crippen LogP contribution in [0.25, 0.3) is 0 Å². The summed E-state index contributed by atoms with van der Waals surface area (Å²) in [5.41, 5.74) is 1.13. The number of hydrogen-bond acceptors (Lipinski definition) is 1. The Balaban J connectivity index is 2.19. The second-order valence-electron chi connectivity index (χ2n) is 3.83. The Labute approximate surface area is 137 Å². The van der Waals surface area contributed by atoms with Crippen molar-refractivity contribution in [3.63, 3.8) is 0 Å². The van der Waals surface area contributed by atoms with Crippen LogP contribution in [0.3, 0.4) is 0 Å². The first-order valence-electron chi connectivity index (χ1n) is 5.29. The summed E-state index contributed by atoms with van der Waals surface area (Å²) < 4.78 is 15.2. The van der Waals surface area contributed by atoms with Crippen molar-refractivity contribution in [1.82, 2.24) is 0 Å². The maximum absolute atomic E-state index is 13.7.